The number of carbonyl (C=O) groups excluding carboxylic acids is 1. The van der Waals surface area contributed by atoms with Crippen LogP contribution in [-0.2, 0) is 4.79 Å². The molecule has 0 aromatic heterocycles. The quantitative estimate of drug-likeness (QED) is 0.563. The third-order valence-corrected chi connectivity index (χ3v) is 3.55. The van der Waals surface area contributed by atoms with E-state index in [1.165, 1.54) is 12.1 Å². The Labute approximate surface area is 160 Å². The van der Waals surface area contributed by atoms with Crippen LogP contribution in [0.4, 0.5) is 0 Å². The first-order valence-corrected chi connectivity index (χ1v) is 8.19. The highest BCUT2D eigenvalue weighted by molar-refractivity contribution is 6.35. The summed E-state index contributed by atoms with van der Waals surface area (Å²) >= 11 is 16.7. The van der Waals surface area contributed by atoms with Gasteiger partial charge in [0.2, 0.25) is 0 Å². The summed E-state index contributed by atoms with van der Waals surface area (Å²) in [6, 6.07) is 11.4. The smallest absolute Gasteiger partial charge is 0.341 e. The van der Waals surface area contributed by atoms with Crippen LogP contribution in [0.1, 0.15) is 10.4 Å². The molecular weight excluding hydrogens is 391 g/mol. The van der Waals surface area contributed by atoms with Gasteiger partial charge in [0.15, 0.2) is 12.4 Å². The molecule has 0 aliphatic heterocycles. The second-order valence-electron chi connectivity index (χ2n) is 4.54. The van der Waals surface area contributed by atoms with E-state index in [1.54, 1.807) is 37.4 Å². The number of ether oxygens (including phenoxy) is 2. The fraction of sp³-hybridized carbons (Fsp3) is 0.176. The van der Waals surface area contributed by atoms with E-state index in [2.05, 4.69) is 0 Å². The van der Waals surface area contributed by atoms with Crippen LogP contribution in [0.25, 0.3) is 0 Å². The molecule has 1 N–H and O–H groups in total. The van der Waals surface area contributed by atoms with Gasteiger partial charge in [0.1, 0.15) is 11.5 Å². The number of hydrogen-bond acceptors (Lipinski definition) is 4. The average Bonchev–Trinajstić information content (AvgIpc) is 2.61. The van der Waals surface area contributed by atoms with E-state index < -0.39 is 12.6 Å². The van der Waals surface area contributed by atoms with Crippen LogP contribution in [-0.4, -0.2) is 36.5 Å². The maximum absolute atomic E-state index is 11.0. The van der Waals surface area contributed by atoms with Gasteiger partial charge in [-0.2, -0.15) is 0 Å². The Morgan fingerprint density at radius 3 is 2.20 bits per heavy atom. The molecule has 25 heavy (non-hydrogen) atoms. The highest BCUT2D eigenvalue weighted by Crippen LogP contribution is 2.27. The monoisotopic (exact) mass is 404 g/mol. The zero-order valence-electron chi connectivity index (χ0n) is 13.2. The van der Waals surface area contributed by atoms with E-state index >= 15 is 0 Å². The molecule has 0 spiro atoms. The first kappa shape index (κ1) is 21.1. The summed E-state index contributed by atoms with van der Waals surface area (Å²) in [6.45, 7) is -0.415. The lowest BCUT2D eigenvalue weighted by molar-refractivity contribution is -0.139. The SMILES string of the molecule is COc1ccc(C(=O)CCl)cc1.O=C(O)COc1ccc(Cl)cc1Cl. The summed E-state index contributed by atoms with van der Waals surface area (Å²) in [7, 11) is 1.58. The van der Waals surface area contributed by atoms with Crippen molar-refractivity contribution in [2.45, 2.75) is 0 Å². The number of benzene rings is 2. The van der Waals surface area contributed by atoms with Gasteiger partial charge < -0.3 is 14.6 Å². The van der Waals surface area contributed by atoms with Crippen LogP contribution in [0.2, 0.25) is 10.0 Å². The van der Waals surface area contributed by atoms with Crippen molar-refractivity contribution in [1.29, 1.82) is 0 Å². The molecule has 2 aromatic carbocycles. The van der Waals surface area contributed by atoms with E-state index in [9.17, 15) is 9.59 Å². The molecule has 0 bridgehead atoms. The molecule has 0 atom stereocenters. The predicted octanol–water partition coefficient (Wildman–Crippen LogP) is 4.57. The van der Waals surface area contributed by atoms with Crippen LogP contribution in [0.3, 0.4) is 0 Å². The minimum Gasteiger partial charge on any atom is -0.497 e. The van der Waals surface area contributed by atoms with Crippen LogP contribution in [0, 0.1) is 0 Å². The molecule has 0 aliphatic rings. The van der Waals surface area contributed by atoms with Gasteiger partial charge in [-0.25, -0.2) is 4.79 Å². The molecule has 0 saturated carbocycles. The molecule has 134 valence electrons. The summed E-state index contributed by atoms with van der Waals surface area (Å²) in [5.74, 6) is -0.0493. The van der Waals surface area contributed by atoms with Crippen molar-refractivity contribution in [3.63, 3.8) is 0 Å². The molecular formula is C17H15Cl3O5. The number of alkyl halides is 1. The van der Waals surface area contributed by atoms with Gasteiger partial charge >= 0.3 is 5.97 Å². The maximum Gasteiger partial charge on any atom is 0.341 e. The van der Waals surface area contributed by atoms with Gasteiger partial charge in [-0.15, -0.1) is 11.6 Å². The number of carbonyl (C=O) groups is 2. The lowest BCUT2D eigenvalue weighted by Crippen LogP contribution is -2.09. The summed E-state index contributed by atoms with van der Waals surface area (Å²) in [5, 5.41) is 9.11. The van der Waals surface area contributed by atoms with Crippen molar-refractivity contribution in [3.8, 4) is 11.5 Å². The fourth-order valence-electron chi connectivity index (χ4n) is 1.59. The maximum atomic E-state index is 11.0. The first-order chi connectivity index (χ1) is 11.9. The lowest BCUT2D eigenvalue weighted by atomic mass is 10.1. The molecule has 0 aliphatic carbocycles. The largest absolute Gasteiger partial charge is 0.497 e. The zero-order valence-corrected chi connectivity index (χ0v) is 15.4. The third kappa shape index (κ3) is 7.65. The normalized spacial score (nSPS) is 9.60. The molecule has 2 rings (SSSR count). The Morgan fingerprint density at radius 2 is 1.72 bits per heavy atom. The number of rotatable bonds is 6. The van der Waals surface area contributed by atoms with Crippen molar-refractivity contribution in [2.75, 3.05) is 19.6 Å². The summed E-state index contributed by atoms with van der Waals surface area (Å²) in [5.41, 5.74) is 0.616. The number of aliphatic carboxylic acids is 1. The molecule has 5 nitrogen and oxygen atoms in total. The minimum absolute atomic E-state index is 0.0202. The fourth-order valence-corrected chi connectivity index (χ4v) is 2.20. The number of methoxy groups -OCH3 is 1. The third-order valence-electron chi connectivity index (χ3n) is 2.78. The number of halogens is 3. The zero-order chi connectivity index (χ0) is 18.8. The van der Waals surface area contributed by atoms with Crippen molar-refractivity contribution >= 4 is 46.6 Å². The van der Waals surface area contributed by atoms with Gasteiger partial charge in [-0.3, -0.25) is 4.79 Å². The number of hydrogen-bond donors (Lipinski definition) is 1. The molecule has 2 aromatic rings. The molecule has 0 unspecified atom stereocenters. The molecule has 0 fully saturated rings. The van der Waals surface area contributed by atoms with Crippen LogP contribution in [0.5, 0.6) is 11.5 Å². The van der Waals surface area contributed by atoms with Gasteiger partial charge in [0, 0.05) is 10.6 Å². The highest BCUT2D eigenvalue weighted by Gasteiger charge is 2.04. The highest BCUT2D eigenvalue weighted by atomic mass is 35.5. The molecule has 0 radical (unpaired) electrons. The van der Waals surface area contributed by atoms with E-state index in [4.69, 9.17) is 49.4 Å². The Balaban J connectivity index is 0.000000251. The van der Waals surface area contributed by atoms with Crippen molar-refractivity contribution in [1.82, 2.24) is 0 Å². The van der Waals surface area contributed by atoms with E-state index in [0.717, 1.165) is 5.75 Å². The van der Waals surface area contributed by atoms with Crippen molar-refractivity contribution in [2.24, 2.45) is 0 Å². The van der Waals surface area contributed by atoms with Crippen LogP contribution in [0.15, 0.2) is 42.5 Å². The Morgan fingerprint density at radius 1 is 1.08 bits per heavy atom. The first-order valence-electron chi connectivity index (χ1n) is 6.90. The predicted molar refractivity (Wildman–Crippen MR) is 97.6 cm³/mol. The van der Waals surface area contributed by atoms with E-state index in [-0.39, 0.29) is 11.7 Å². The van der Waals surface area contributed by atoms with Crippen LogP contribution < -0.4 is 9.47 Å². The van der Waals surface area contributed by atoms with Gasteiger partial charge in [-0.1, -0.05) is 23.2 Å². The van der Waals surface area contributed by atoms with E-state index in [0.29, 0.717) is 21.4 Å². The molecule has 0 heterocycles. The minimum atomic E-state index is -1.05. The van der Waals surface area contributed by atoms with Crippen molar-refractivity contribution < 1.29 is 24.2 Å². The summed E-state index contributed by atoms with van der Waals surface area (Å²) in [4.78, 5) is 21.2. The number of carboxylic acids is 1. The Hall–Kier alpha value is -1.95. The topological polar surface area (TPSA) is 72.8 Å². The second-order valence-corrected chi connectivity index (χ2v) is 5.65. The lowest BCUT2D eigenvalue weighted by Gasteiger charge is -2.04. The van der Waals surface area contributed by atoms with Crippen molar-refractivity contribution in [3.05, 3.63) is 58.1 Å². The molecule has 0 amide bonds. The van der Waals surface area contributed by atoms with Gasteiger partial charge in [0.05, 0.1) is 18.0 Å². The van der Waals surface area contributed by atoms with Gasteiger partial charge in [-0.05, 0) is 42.5 Å². The standard InChI is InChI=1S/C9H9ClO2.C8H6Cl2O3/c1-12-8-4-2-7(3-5-8)9(11)6-10;9-5-1-2-7(6(10)3-5)13-4-8(11)12/h2-5H,6H2,1H3;1-3H,4H2,(H,11,12). The Bertz CT molecular complexity index is 717. The summed E-state index contributed by atoms with van der Waals surface area (Å²) in [6.07, 6.45) is 0. The number of carboxylic acid groups (broad SMARTS) is 1. The number of Topliss-reactive ketones (excluding diaryl/α,β-unsaturated/α-hetero) is 1. The van der Waals surface area contributed by atoms with E-state index in [1.807, 2.05) is 0 Å². The Kier molecular flexibility index (Phi) is 9.13. The second kappa shape index (κ2) is 10.8. The molecule has 8 heteroatoms. The average molecular weight is 406 g/mol. The molecule has 0 saturated heterocycles. The number of ketones is 1. The van der Waals surface area contributed by atoms with Crippen LogP contribution >= 0.6 is 34.8 Å². The summed E-state index contributed by atoms with van der Waals surface area (Å²) < 4.78 is 9.80. The van der Waals surface area contributed by atoms with Gasteiger partial charge in [0.25, 0.3) is 0 Å².